The van der Waals surface area contributed by atoms with Crippen LogP contribution in [0.1, 0.15) is 37.0 Å². The molecule has 2 N–H and O–H groups in total. The lowest BCUT2D eigenvalue weighted by molar-refractivity contribution is -0.125. The van der Waals surface area contributed by atoms with Gasteiger partial charge in [0, 0.05) is 31.0 Å². The van der Waals surface area contributed by atoms with Crippen molar-refractivity contribution in [1.29, 1.82) is 0 Å². The van der Waals surface area contributed by atoms with E-state index in [1.54, 1.807) is 0 Å². The molecule has 0 radical (unpaired) electrons. The SMILES string of the molecule is CCN(CC)c1ccc(NC(=O)C2CC2C(=O)NCc2ccc(C)cc2)c(C)c1. The van der Waals surface area contributed by atoms with Gasteiger partial charge < -0.3 is 15.5 Å². The highest BCUT2D eigenvalue weighted by Crippen LogP contribution is 2.40. The largest absolute Gasteiger partial charge is 0.372 e. The van der Waals surface area contributed by atoms with E-state index in [0.29, 0.717) is 13.0 Å². The van der Waals surface area contributed by atoms with E-state index in [2.05, 4.69) is 35.4 Å². The van der Waals surface area contributed by atoms with Crippen LogP contribution in [0.4, 0.5) is 11.4 Å². The zero-order chi connectivity index (χ0) is 21.0. The van der Waals surface area contributed by atoms with Crippen LogP contribution in [-0.4, -0.2) is 24.9 Å². The van der Waals surface area contributed by atoms with Crippen LogP contribution in [0.25, 0.3) is 0 Å². The number of carbonyl (C=O) groups excluding carboxylic acids is 2. The van der Waals surface area contributed by atoms with Crippen LogP contribution in [0.3, 0.4) is 0 Å². The van der Waals surface area contributed by atoms with Gasteiger partial charge in [0.2, 0.25) is 11.8 Å². The lowest BCUT2D eigenvalue weighted by Gasteiger charge is -2.22. The lowest BCUT2D eigenvalue weighted by atomic mass is 10.1. The fourth-order valence-electron chi connectivity index (χ4n) is 3.60. The molecule has 0 spiro atoms. The molecule has 2 amide bonds. The summed E-state index contributed by atoms with van der Waals surface area (Å²) in [4.78, 5) is 27.2. The van der Waals surface area contributed by atoms with Crippen molar-refractivity contribution in [1.82, 2.24) is 5.32 Å². The van der Waals surface area contributed by atoms with Gasteiger partial charge in [-0.2, -0.15) is 0 Å². The Labute approximate surface area is 173 Å². The standard InChI is InChI=1S/C24H31N3O2/c1-5-27(6-2)19-11-12-22(17(4)13-19)26-24(29)21-14-20(21)23(28)25-15-18-9-7-16(3)8-10-18/h7-13,20-21H,5-6,14-15H2,1-4H3,(H,25,28)(H,26,29). The fraction of sp³-hybridized carbons (Fsp3) is 0.417. The summed E-state index contributed by atoms with van der Waals surface area (Å²) in [6.07, 6.45) is 0.613. The molecular weight excluding hydrogens is 362 g/mol. The highest BCUT2D eigenvalue weighted by Gasteiger charge is 2.47. The molecule has 1 saturated carbocycles. The molecule has 1 fully saturated rings. The first-order valence-electron chi connectivity index (χ1n) is 10.4. The van der Waals surface area contributed by atoms with E-state index in [9.17, 15) is 9.59 Å². The van der Waals surface area contributed by atoms with Crippen molar-refractivity contribution in [3.63, 3.8) is 0 Å². The number of rotatable bonds is 8. The number of amides is 2. The molecule has 0 bridgehead atoms. The quantitative estimate of drug-likeness (QED) is 0.711. The summed E-state index contributed by atoms with van der Waals surface area (Å²) < 4.78 is 0. The number of nitrogens with one attached hydrogen (secondary N) is 2. The van der Waals surface area contributed by atoms with Gasteiger partial charge >= 0.3 is 0 Å². The van der Waals surface area contributed by atoms with Crippen LogP contribution in [0.5, 0.6) is 0 Å². The number of aryl methyl sites for hydroxylation is 2. The Morgan fingerprint density at radius 2 is 1.62 bits per heavy atom. The smallest absolute Gasteiger partial charge is 0.228 e. The van der Waals surface area contributed by atoms with Gasteiger partial charge in [-0.3, -0.25) is 9.59 Å². The molecule has 2 unspecified atom stereocenters. The Balaban J connectivity index is 1.52. The van der Waals surface area contributed by atoms with E-state index < -0.39 is 0 Å². The number of hydrogen-bond acceptors (Lipinski definition) is 3. The van der Waals surface area contributed by atoms with Crippen molar-refractivity contribution < 1.29 is 9.59 Å². The van der Waals surface area contributed by atoms with E-state index in [4.69, 9.17) is 0 Å². The minimum atomic E-state index is -0.241. The second-order valence-corrected chi connectivity index (χ2v) is 7.81. The monoisotopic (exact) mass is 393 g/mol. The van der Waals surface area contributed by atoms with E-state index in [1.165, 1.54) is 5.56 Å². The highest BCUT2D eigenvalue weighted by atomic mass is 16.2. The maximum atomic E-state index is 12.6. The molecule has 2 aromatic rings. The Hall–Kier alpha value is -2.82. The average molecular weight is 394 g/mol. The normalized spacial score (nSPS) is 17.5. The Bertz CT molecular complexity index is 872. The van der Waals surface area contributed by atoms with Gasteiger partial charge in [0.1, 0.15) is 0 Å². The summed E-state index contributed by atoms with van der Waals surface area (Å²) in [7, 11) is 0. The third kappa shape index (κ3) is 5.17. The second kappa shape index (κ2) is 9.12. The van der Waals surface area contributed by atoms with E-state index >= 15 is 0 Å². The van der Waals surface area contributed by atoms with Crippen molar-refractivity contribution in [2.45, 2.75) is 40.7 Å². The summed E-state index contributed by atoms with van der Waals surface area (Å²) in [5, 5.41) is 5.95. The predicted molar refractivity (Wildman–Crippen MR) is 118 cm³/mol. The van der Waals surface area contributed by atoms with Crippen LogP contribution < -0.4 is 15.5 Å². The van der Waals surface area contributed by atoms with Gasteiger partial charge in [-0.05, 0) is 63.4 Å². The van der Waals surface area contributed by atoms with Gasteiger partial charge in [-0.1, -0.05) is 29.8 Å². The molecule has 2 aromatic carbocycles. The molecule has 5 heteroatoms. The maximum Gasteiger partial charge on any atom is 0.228 e. The topological polar surface area (TPSA) is 61.4 Å². The number of benzene rings is 2. The zero-order valence-electron chi connectivity index (χ0n) is 17.8. The summed E-state index contributed by atoms with van der Waals surface area (Å²) in [5.41, 5.74) is 5.26. The highest BCUT2D eigenvalue weighted by molar-refractivity contribution is 6.00. The Kier molecular flexibility index (Phi) is 6.57. The molecule has 0 heterocycles. The van der Waals surface area contributed by atoms with Crippen molar-refractivity contribution in [3.05, 3.63) is 59.2 Å². The molecule has 0 aliphatic heterocycles. The van der Waals surface area contributed by atoms with Gasteiger partial charge in [-0.15, -0.1) is 0 Å². The van der Waals surface area contributed by atoms with Crippen molar-refractivity contribution in [3.8, 4) is 0 Å². The first-order chi connectivity index (χ1) is 13.9. The first kappa shape index (κ1) is 20.9. The maximum absolute atomic E-state index is 12.6. The summed E-state index contributed by atoms with van der Waals surface area (Å²) >= 11 is 0. The summed E-state index contributed by atoms with van der Waals surface area (Å²) in [6.45, 7) is 10.7. The number of carbonyl (C=O) groups is 2. The lowest BCUT2D eigenvalue weighted by Crippen LogP contribution is -2.27. The number of hydrogen-bond donors (Lipinski definition) is 2. The molecular formula is C24H31N3O2. The predicted octanol–water partition coefficient (Wildman–Crippen LogP) is 4.04. The molecule has 3 rings (SSSR count). The van der Waals surface area contributed by atoms with E-state index in [0.717, 1.165) is 35.6 Å². The molecule has 5 nitrogen and oxygen atoms in total. The van der Waals surface area contributed by atoms with Crippen LogP contribution >= 0.6 is 0 Å². The molecule has 0 saturated heterocycles. The fourth-order valence-corrected chi connectivity index (χ4v) is 3.60. The molecule has 1 aliphatic carbocycles. The van der Waals surface area contributed by atoms with Crippen molar-refractivity contribution >= 4 is 23.2 Å². The average Bonchev–Trinajstić information content (AvgIpc) is 3.51. The van der Waals surface area contributed by atoms with Gasteiger partial charge in [0.25, 0.3) is 0 Å². The van der Waals surface area contributed by atoms with E-state index in [1.807, 2.05) is 50.2 Å². The molecule has 2 atom stereocenters. The Morgan fingerprint density at radius 1 is 0.966 bits per heavy atom. The van der Waals surface area contributed by atoms with Crippen molar-refractivity contribution in [2.75, 3.05) is 23.3 Å². The first-order valence-corrected chi connectivity index (χ1v) is 10.4. The molecule has 29 heavy (non-hydrogen) atoms. The Morgan fingerprint density at radius 3 is 2.24 bits per heavy atom. The van der Waals surface area contributed by atoms with E-state index in [-0.39, 0.29) is 23.7 Å². The number of anilines is 2. The third-order valence-corrected chi connectivity index (χ3v) is 5.65. The summed E-state index contributed by atoms with van der Waals surface area (Å²) in [5.74, 6) is -0.580. The van der Waals surface area contributed by atoms with Gasteiger partial charge in [0.15, 0.2) is 0 Å². The van der Waals surface area contributed by atoms with Gasteiger partial charge in [0.05, 0.1) is 11.8 Å². The third-order valence-electron chi connectivity index (χ3n) is 5.65. The van der Waals surface area contributed by atoms with Crippen LogP contribution in [0, 0.1) is 25.7 Å². The number of nitrogens with zero attached hydrogens (tertiary/aromatic N) is 1. The van der Waals surface area contributed by atoms with Crippen LogP contribution in [0.2, 0.25) is 0 Å². The second-order valence-electron chi connectivity index (χ2n) is 7.81. The molecule has 154 valence electrons. The van der Waals surface area contributed by atoms with Crippen LogP contribution in [0.15, 0.2) is 42.5 Å². The minimum absolute atomic E-state index is 0.0423. The molecule has 0 aromatic heterocycles. The minimum Gasteiger partial charge on any atom is -0.372 e. The zero-order valence-corrected chi connectivity index (χ0v) is 17.8. The van der Waals surface area contributed by atoms with Crippen LogP contribution in [-0.2, 0) is 16.1 Å². The summed E-state index contributed by atoms with van der Waals surface area (Å²) in [6, 6.07) is 14.2. The van der Waals surface area contributed by atoms with Gasteiger partial charge in [-0.25, -0.2) is 0 Å². The molecule has 1 aliphatic rings. The van der Waals surface area contributed by atoms with Crippen molar-refractivity contribution in [2.24, 2.45) is 11.8 Å².